The second kappa shape index (κ2) is 6.44. The highest BCUT2D eigenvalue weighted by atomic mass is 32.2. The summed E-state index contributed by atoms with van der Waals surface area (Å²) in [6.45, 7) is 11.6. The quantitative estimate of drug-likeness (QED) is 0.599. The van der Waals surface area contributed by atoms with Crippen LogP contribution in [0.2, 0.25) is 0 Å². The van der Waals surface area contributed by atoms with Crippen LogP contribution in [0.3, 0.4) is 0 Å². The van der Waals surface area contributed by atoms with Crippen molar-refractivity contribution in [2.75, 3.05) is 5.75 Å². The molecule has 102 valence electrons. The van der Waals surface area contributed by atoms with Crippen LogP contribution in [-0.4, -0.2) is 16.5 Å². The Labute approximate surface area is 111 Å². The second-order valence-electron chi connectivity index (χ2n) is 6.72. The molecule has 0 heterocycles. The van der Waals surface area contributed by atoms with Gasteiger partial charge in [-0.25, -0.2) is 0 Å². The van der Waals surface area contributed by atoms with Crippen molar-refractivity contribution < 1.29 is 0 Å². The van der Waals surface area contributed by atoms with Gasteiger partial charge in [-0.1, -0.05) is 41.0 Å². The lowest BCUT2D eigenvalue weighted by Gasteiger charge is -2.37. The lowest BCUT2D eigenvalue weighted by atomic mass is 9.73. The summed E-state index contributed by atoms with van der Waals surface area (Å²) in [5, 5.41) is 0. The molecule has 0 aromatic rings. The van der Waals surface area contributed by atoms with E-state index in [0.717, 1.165) is 23.5 Å². The molecule has 1 rings (SSSR count). The molecule has 0 aromatic heterocycles. The molecular formula is C14H30N2S. The van der Waals surface area contributed by atoms with Gasteiger partial charge in [0.05, 0.1) is 0 Å². The van der Waals surface area contributed by atoms with Crippen molar-refractivity contribution >= 4 is 11.8 Å². The Morgan fingerprint density at radius 1 is 1.24 bits per heavy atom. The number of nitrogens with one attached hydrogen (secondary N) is 1. The minimum atomic E-state index is 0.336. The molecule has 0 aromatic carbocycles. The van der Waals surface area contributed by atoms with E-state index in [4.69, 9.17) is 5.84 Å². The van der Waals surface area contributed by atoms with E-state index < -0.39 is 0 Å². The minimum Gasteiger partial charge on any atom is -0.271 e. The Balaban J connectivity index is 2.45. The number of rotatable bonds is 4. The van der Waals surface area contributed by atoms with Crippen molar-refractivity contribution in [3.8, 4) is 0 Å². The van der Waals surface area contributed by atoms with Gasteiger partial charge in [0.2, 0.25) is 0 Å². The van der Waals surface area contributed by atoms with E-state index in [1.54, 1.807) is 0 Å². The van der Waals surface area contributed by atoms with Crippen LogP contribution in [0.15, 0.2) is 0 Å². The van der Waals surface area contributed by atoms with Gasteiger partial charge in [-0.05, 0) is 30.6 Å². The third-order valence-electron chi connectivity index (χ3n) is 4.12. The standard InChI is InChI=1S/C14H30N2S/c1-10-6-7-12(8-11(10)2)13(16-15)9-17-14(3,4)5/h10-13,16H,6-9,15H2,1-5H3. The van der Waals surface area contributed by atoms with Crippen LogP contribution in [-0.2, 0) is 0 Å². The predicted molar refractivity (Wildman–Crippen MR) is 79.0 cm³/mol. The third kappa shape index (κ3) is 5.19. The van der Waals surface area contributed by atoms with Crippen LogP contribution in [0, 0.1) is 17.8 Å². The summed E-state index contributed by atoms with van der Waals surface area (Å²) in [6, 6.07) is 0.481. The smallest absolute Gasteiger partial charge is 0.0329 e. The van der Waals surface area contributed by atoms with E-state index in [1.807, 2.05) is 11.8 Å². The van der Waals surface area contributed by atoms with E-state index in [9.17, 15) is 0 Å². The first-order valence-corrected chi connectivity index (χ1v) is 7.92. The van der Waals surface area contributed by atoms with Gasteiger partial charge in [-0.15, -0.1) is 0 Å². The third-order valence-corrected chi connectivity index (χ3v) is 5.51. The molecule has 1 aliphatic carbocycles. The molecule has 0 aliphatic heterocycles. The zero-order valence-corrected chi connectivity index (χ0v) is 12.9. The molecule has 1 fully saturated rings. The van der Waals surface area contributed by atoms with Gasteiger partial charge in [-0.3, -0.25) is 11.3 Å². The van der Waals surface area contributed by atoms with Crippen LogP contribution in [0.1, 0.15) is 53.9 Å². The fourth-order valence-electron chi connectivity index (χ4n) is 2.61. The molecule has 0 radical (unpaired) electrons. The highest BCUT2D eigenvalue weighted by Crippen LogP contribution is 2.36. The summed E-state index contributed by atoms with van der Waals surface area (Å²) < 4.78 is 0.336. The van der Waals surface area contributed by atoms with Crippen molar-refractivity contribution in [2.24, 2.45) is 23.6 Å². The zero-order chi connectivity index (χ0) is 13.1. The van der Waals surface area contributed by atoms with Gasteiger partial charge in [0.25, 0.3) is 0 Å². The van der Waals surface area contributed by atoms with E-state index in [0.29, 0.717) is 10.8 Å². The number of nitrogens with two attached hydrogens (primary N) is 1. The first-order valence-electron chi connectivity index (χ1n) is 6.93. The average Bonchev–Trinajstić information content (AvgIpc) is 2.22. The Kier molecular flexibility index (Phi) is 5.81. The van der Waals surface area contributed by atoms with E-state index in [2.05, 4.69) is 40.0 Å². The normalized spacial score (nSPS) is 32.5. The summed E-state index contributed by atoms with van der Waals surface area (Å²) in [4.78, 5) is 0. The SMILES string of the molecule is CC1CCC(C(CSC(C)(C)C)NN)CC1C. The Hall–Kier alpha value is 0.270. The monoisotopic (exact) mass is 258 g/mol. The Morgan fingerprint density at radius 3 is 2.35 bits per heavy atom. The first kappa shape index (κ1) is 15.3. The van der Waals surface area contributed by atoms with Crippen molar-refractivity contribution in [2.45, 2.75) is 64.7 Å². The molecule has 1 aliphatic rings. The average molecular weight is 258 g/mol. The van der Waals surface area contributed by atoms with E-state index in [-0.39, 0.29) is 0 Å². The number of thioether (sulfide) groups is 1. The van der Waals surface area contributed by atoms with Gasteiger partial charge in [0, 0.05) is 16.5 Å². The van der Waals surface area contributed by atoms with E-state index >= 15 is 0 Å². The van der Waals surface area contributed by atoms with Crippen LogP contribution >= 0.6 is 11.8 Å². The summed E-state index contributed by atoms with van der Waals surface area (Å²) in [5.41, 5.74) is 3.06. The summed E-state index contributed by atoms with van der Waals surface area (Å²) in [5.74, 6) is 9.39. The molecule has 0 saturated heterocycles. The minimum absolute atomic E-state index is 0.336. The molecule has 0 bridgehead atoms. The highest BCUT2D eigenvalue weighted by molar-refractivity contribution is 8.00. The molecule has 2 nitrogen and oxygen atoms in total. The molecule has 3 heteroatoms. The van der Waals surface area contributed by atoms with Crippen molar-refractivity contribution in [1.82, 2.24) is 5.43 Å². The van der Waals surface area contributed by atoms with Crippen LogP contribution in [0.4, 0.5) is 0 Å². The molecule has 0 amide bonds. The second-order valence-corrected chi connectivity index (χ2v) is 8.57. The maximum atomic E-state index is 5.75. The van der Waals surface area contributed by atoms with Gasteiger partial charge in [-0.2, -0.15) is 11.8 Å². The van der Waals surface area contributed by atoms with Crippen LogP contribution < -0.4 is 11.3 Å². The van der Waals surface area contributed by atoms with Gasteiger partial charge >= 0.3 is 0 Å². The molecule has 4 atom stereocenters. The number of hydrogen-bond acceptors (Lipinski definition) is 3. The first-order chi connectivity index (χ1) is 7.83. The number of hydrazine groups is 1. The molecule has 17 heavy (non-hydrogen) atoms. The summed E-state index contributed by atoms with van der Waals surface area (Å²) in [6.07, 6.45) is 4.04. The van der Waals surface area contributed by atoms with Crippen molar-refractivity contribution in [1.29, 1.82) is 0 Å². The lowest BCUT2D eigenvalue weighted by Crippen LogP contribution is -2.45. The summed E-state index contributed by atoms with van der Waals surface area (Å²) >= 11 is 2.02. The van der Waals surface area contributed by atoms with E-state index in [1.165, 1.54) is 19.3 Å². The van der Waals surface area contributed by atoms with Gasteiger partial charge < -0.3 is 0 Å². The number of hydrogen-bond donors (Lipinski definition) is 2. The Bertz CT molecular complexity index is 225. The molecule has 1 saturated carbocycles. The highest BCUT2D eigenvalue weighted by Gasteiger charge is 2.30. The molecule has 0 spiro atoms. The molecular weight excluding hydrogens is 228 g/mol. The molecule has 3 N–H and O–H groups in total. The van der Waals surface area contributed by atoms with Crippen LogP contribution in [0.25, 0.3) is 0 Å². The van der Waals surface area contributed by atoms with Crippen molar-refractivity contribution in [3.63, 3.8) is 0 Å². The fraction of sp³-hybridized carbons (Fsp3) is 1.00. The topological polar surface area (TPSA) is 38.0 Å². The lowest BCUT2D eigenvalue weighted by molar-refractivity contribution is 0.178. The summed E-state index contributed by atoms with van der Waals surface area (Å²) in [7, 11) is 0. The van der Waals surface area contributed by atoms with Gasteiger partial charge in [0.15, 0.2) is 0 Å². The zero-order valence-electron chi connectivity index (χ0n) is 12.1. The van der Waals surface area contributed by atoms with Gasteiger partial charge in [0.1, 0.15) is 0 Å². The fourth-order valence-corrected chi connectivity index (χ4v) is 3.66. The largest absolute Gasteiger partial charge is 0.271 e. The van der Waals surface area contributed by atoms with Crippen LogP contribution in [0.5, 0.6) is 0 Å². The molecule has 4 unspecified atom stereocenters. The predicted octanol–water partition coefficient (Wildman–Crippen LogP) is 3.42. The van der Waals surface area contributed by atoms with Crippen molar-refractivity contribution in [3.05, 3.63) is 0 Å². The Morgan fingerprint density at radius 2 is 1.88 bits per heavy atom. The maximum Gasteiger partial charge on any atom is 0.0329 e. The maximum absolute atomic E-state index is 5.75.